The number of benzene rings is 16. The molecule has 16 aromatic rings. The predicted molar refractivity (Wildman–Crippen MR) is 573 cm³/mol. The molecular formula is C128H148N2. The van der Waals surface area contributed by atoms with Crippen molar-refractivity contribution in [2.45, 2.75) is 210 Å². The second-order valence-corrected chi connectivity index (χ2v) is 37.4. The highest BCUT2D eigenvalue weighted by Crippen LogP contribution is 2.36. The monoisotopic (exact) mass is 1710 g/mol. The maximum absolute atomic E-state index is 8.63. The summed E-state index contributed by atoms with van der Waals surface area (Å²) in [4.78, 5) is 2.29. The summed E-state index contributed by atoms with van der Waals surface area (Å²) in [6, 6.07) is 138. The molecule has 16 rings (SSSR count). The number of rotatable bonds is 6. The van der Waals surface area contributed by atoms with E-state index in [9.17, 15) is 0 Å². The third-order valence-electron chi connectivity index (χ3n) is 22.6. The quantitative estimate of drug-likeness (QED) is 0.166. The van der Waals surface area contributed by atoms with E-state index in [1.54, 1.807) is 0 Å². The molecule has 0 aromatic heterocycles. The first-order valence-corrected chi connectivity index (χ1v) is 45.8. The number of hydrogen-bond donors (Lipinski definition) is 0. The molecule has 2 heteroatoms. The fourth-order valence-electron chi connectivity index (χ4n) is 14.4. The van der Waals surface area contributed by atoms with Crippen LogP contribution in [-0.2, 0) is 16.2 Å². The standard InChI is InChI=1S/C19H17N.3C13H12.3C11H16.C10H11N.3C9H12/c1-16-10-8-9-15-19(16)20(17-11-4-2-5-12-17)18-13-6-3-7-14-18;1-11-7-5-6-10-13(11)12-8-3-2-4-9-12;1-11-6-5-9-13(10-11)12-7-3-2-4-8-12;1-11-7-9-13(10-8-11)12-5-3-2-4-6-12;1-9-5-7-10(8-6-9)11(2,3)4;1-9-6-5-7-10(8-9)11(2,3)4;1-9-7-5-6-8-10(9)11(2,3)4;1-7-4-10(6-11)5-8(2)9(7)3;1-7-4-8(2)6-9(3)5-7;1-7-4-5-8(2)9(3)6-7;1-7-5-4-6-8(2)9(7)3/h2-15H,1H3;3*2-10H,1H3;3*5-8H,1-4H3;4-5H,1-3H3;3*4-6H,1-3H3. The topological polar surface area (TPSA) is 27.0 Å². The van der Waals surface area contributed by atoms with Gasteiger partial charge in [0.15, 0.2) is 0 Å². The van der Waals surface area contributed by atoms with E-state index in [0.717, 1.165) is 5.56 Å². The van der Waals surface area contributed by atoms with Crippen LogP contribution in [0.1, 0.15) is 190 Å². The number of para-hydroxylation sites is 3. The summed E-state index contributed by atoms with van der Waals surface area (Å²) in [7, 11) is 0. The van der Waals surface area contributed by atoms with E-state index in [0.29, 0.717) is 0 Å². The van der Waals surface area contributed by atoms with Gasteiger partial charge in [-0.3, -0.25) is 0 Å². The smallest absolute Gasteiger partial charge is 0.0991 e. The zero-order chi connectivity index (χ0) is 95.5. The lowest BCUT2D eigenvalue weighted by Crippen LogP contribution is -2.12. The minimum atomic E-state index is 0.283. The van der Waals surface area contributed by atoms with E-state index in [1.807, 2.05) is 56.3 Å². The molecule has 0 atom stereocenters. The zero-order valence-electron chi connectivity index (χ0n) is 83.8. The van der Waals surface area contributed by atoms with Gasteiger partial charge < -0.3 is 4.90 Å². The van der Waals surface area contributed by atoms with Gasteiger partial charge in [0.2, 0.25) is 0 Å². The van der Waals surface area contributed by atoms with E-state index in [1.165, 1.54) is 173 Å². The second kappa shape index (κ2) is 53.6. The van der Waals surface area contributed by atoms with Gasteiger partial charge in [-0.05, 0) is 302 Å². The van der Waals surface area contributed by atoms with Gasteiger partial charge in [0, 0.05) is 17.1 Å². The van der Waals surface area contributed by atoms with Crippen molar-refractivity contribution in [1.29, 1.82) is 5.26 Å². The Hall–Kier alpha value is -13.2. The molecule has 670 valence electrons. The zero-order valence-corrected chi connectivity index (χ0v) is 83.8. The van der Waals surface area contributed by atoms with E-state index < -0.39 is 0 Å². The molecule has 0 fully saturated rings. The van der Waals surface area contributed by atoms with Crippen LogP contribution in [-0.4, -0.2) is 0 Å². The maximum atomic E-state index is 8.63. The first-order valence-electron chi connectivity index (χ1n) is 45.8. The molecule has 0 spiro atoms. The summed E-state index contributed by atoms with van der Waals surface area (Å²) in [5.41, 5.74) is 42.5. The van der Waals surface area contributed by atoms with E-state index in [-0.39, 0.29) is 16.2 Å². The number of anilines is 3. The molecule has 0 heterocycles. The largest absolute Gasteiger partial charge is 0.310 e. The van der Waals surface area contributed by atoms with Crippen molar-refractivity contribution < 1.29 is 0 Å². The fraction of sp³-hybridized carbons (Fsp3) is 0.242. The molecule has 0 saturated heterocycles. The highest BCUT2D eigenvalue weighted by molar-refractivity contribution is 5.78. The Balaban J connectivity index is 0.000000222. The van der Waals surface area contributed by atoms with E-state index >= 15 is 0 Å². The molecule has 2 nitrogen and oxygen atoms in total. The van der Waals surface area contributed by atoms with Gasteiger partial charge in [0.25, 0.3) is 0 Å². The summed E-state index contributed by atoms with van der Waals surface area (Å²) in [5, 5.41) is 8.63. The number of aryl methyl sites for hydroxylation is 17. The van der Waals surface area contributed by atoms with Crippen LogP contribution in [0, 0.1) is 143 Å². The fourth-order valence-corrected chi connectivity index (χ4v) is 14.4. The molecule has 130 heavy (non-hydrogen) atoms. The van der Waals surface area contributed by atoms with E-state index in [4.69, 9.17) is 5.26 Å². The number of nitriles is 1. The van der Waals surface area contributed by atoms with Crippen molar-refractivity contribution in [3.05, 3.63) is 516 Å². The average molecular weight is 1710 g/mol. The molecular weight excluding hydrogens is 1570 g/mol. The van der Waals surface area contributed by atoms with Crippen molar-refractivity contribution in [2.75, 3.05) is 4.90 Å². The summed E-state index contributed by atoms with van der Waals surface area (Å²) in [6.45, 7) is 60.4. The van der Waals surface area contributed by atoms with Crippen LogP contribution in [0.5, 0.6) is 0 Å². The van der Waals surface area contributed by atoms with Crippen LogP contribution in [0.3, 0.4) is 0 Å². The van der Waals surface area contributed by atoms with Crippen LogP contribution in [0.25, 0.3) is 33.4 Å². The Morgan fingerprint density at radius 1 is 0.200 bits per heavy atom. The van der Waals surface area contributed by atoms with E-state index in [2.05, 4.69) is 537 Å². The van der Waals surface area contributed by atoms with Gasteiger partial charge in [-0.1, -0.05) is 453 Å². The van der Waals surface area contributed by atoms with Crippen molar-refractivity contribution in [2.24, 2.45) is 0 Å². The number of hydrogen-bond acceptors (Lipinski definition) is 2. The van der Waals surface area contributed by atoms with Crippen molar-refractivity contribution in [3.63, 3.8) is 0 Å². The molecule has 0 bridgehead atoms. The Bertz CT molecular complexity index is 5890. The highest BCUT2D eigenvalue weighted by atomic mass is 15.1. The molecule has 16 aromatic carbocycles. The number of nitrogens with zero attached hydrogens (tertiary/aromatic N) is 2. The van der Waals surface area contributed by atoms with Crippen molar-refractivity contribution >= 4 is 17.1 Å². The molecule has 0 radical (unpaired) electrons. The van der Waals surface area contributed by atoms with Gasteiger partial charge in [-0.15, -0.1) is 0 Å². The molecule has 0 saturated carbocycles. The van der Waals surface area contributed by atoms with Gasteiger partial charge in [-0.2, -0.15) is 5.26 Å². The highest BCUT2D eigenvalue weighted by Gasteiger charge is 2.17. The Kier molecular flexibility index (Phi) is 43.5. The lowest BCUT2D eigenvalue weighted by Gasteiger charge is -2.26. The third kappa shape index (κ3) is 37.6. The van der Waals surface area contributed by atoms with Crippen LogP contribution in [0.2, 0.25) is 0 Å². The molecule has 0 unspecified atom stereocenters. The van der Waals surface area contributed by atoms with Crippen LogP contribution in [0.15, 0.2) is 388 Å². The summed E-state index contributed by atoms with van der Waals surface area (Å²) in [6.07, 6.45) is 0. The molecule has 0 aliphatic heterocycles. The summed E-state index contributed by atoms with van der Waals surface area (Å²) < 4.78 is 0. The molecule has 0 amide bonds. The predicted octanol–water partition coefficient (Wildman–Crippen LogP) is 36.6. The van der Waals surface area contributed by atoms with Crippen LogP contribution in [0.4, 0.5) is 17.1 Å². The minimum absolute atomic E-state index is 0.283. The van der Waals surface area contributed by atoms with Crippen molar-refractivity contribution in [3.8, 4) is 39.4 Å². The first-order chi connectivity index (χ1) is 61.7. The Morgan fingerprint density at radius 2 is 0.546 bits per heavy atom. The van der Waals surface area contributed by atoms with Gasteiger partial charge in [-0.25, -0.2) is 0 Å². The van der Waals surface area contributed by atoms with Gasteiger partial charge in [0.1, 0.15) is 0 Å². The summed E-state index contributed by atoms with van der Waals surface area (Å²) in [5.74, 6) is 0. The Morgan fingerprint density at radius 3 is 0.938 bits per heavy atom. The lowest BCUT2D eigenvalue weighted by atomic mass is 9.84. The van der Waals surface area contributed by atoms with Gasteiger partial charge >= 0.3 is 0 Å². The SMILES string of the molecule is Cc1cc(C#N)cc(C)c1C.Cc1cc(C)cc(C)c1.Cc1ccc(-c2ccccc2)cc1.Cc1ccc(C(C)(C)C)cc1.Cc1ccc(C)c(C)c1.Cc1cccc(-c2ccccc2)c1.Cc1cccc(C(C)(C)C)c1.Cc1cccc(C)c1C.Cc1ccccc1-c1ccccc1.Cc1ccccc1C(C)(C)C.Cc1ccccc1N(c1ccccc1)c1ccccc1. The van der Waals surface area contributed by atoms with Crippen LogP contribution >= 0.6 is 0 Å². The molecule has 0 aliphatic rings. The van der Waals surface area contributed by atoms with Gasteiger partial charge in [0.05, 0.1) is 11.6 Å². The summed E-state index contributed by atoms with van der Waals surface area (Å²) >= 11 is 0. The minimum Gasteiger partial charge on any atom is -0.310 e. The third-order valence-corrected chi connectivity index (χ3v) is 22.6. The molecule has 0 aliphatic carbocycles. The molecule has 0 N–H and O–H groups in total. The maximum Gasteiger partial charge on any atom is 0.0991 e. The van der Waals surface area contributed by atoms with Crippen molar-refractivity contribution in [1.82, 2.24) is 0 Å². The first kappa shape index (κ1) is 106. The lowest BCUT2D eigenvalue weighted by molar-refractivity contribution is 0.586. The average Bonchev–Trinajstić information content (AvgIpc) is 0.803. The normalized spacial score (nSPS) is 10.3. The van der Waals surface area contributed by atoms with Crippen LogP contribution < -0.4 is 4.90 Å². The second-order valence-electron chi connectivity index (χ2n) is 37.4. The Labute approximate surface area is 787 Å².